The Hall–Kier alpha value is -4.01. The molecule has 4 rings (SSSR count). The highest BCUT2D eigenvalue weighted by Gasteiger charge is 2.43. The van der Waals surface area contributed by atoms with E-state index < -0.39 is 18.1 Å². The molecule has 0 fully saturated rings. The van der Waals surface area contributed by atoms with Gasteiger partial charge in [0.05, 0.1) is 6.42 Å². The third kappa shape index (κ3) is 7.49. The van der Waals surface area contributed by atoms with Crippen molar-refractivity contribution < 1.29 is 37.3 Å². The number of nitrogens with zero attached hydrogens (tertiary/aromatic N) is 1. The molecule has 0 radical (unpaired) electrons. The summed E-state index contributed by atoms with van der Waals surface area (Å²) in [4.78, 5) is 31.8. The standard InChI is InChI=1S/C28H26F3NO5/c29-28(30,31)27(34)37-36-26(33)16-13-20-11-14-24(15-12-20)35-19-22-9-7-21(8-10-22)18-32-17-3-5-23-4-1-2-6-25(23)32/h1-2,4,6-12,14-15H,3,5,13,16-19H2. The fourth-order valence-electron chi connectivity index (χ4n) is 4.08. The van der Waals surface area contributed by atoms with Gasteiger partial charge >= 0.3 is 18.1 Å². The van der Waals surface area contributed by atoms with Crippen LogP contribution in [-0.4, -0.2) is 24.7 Å². The first kappa shape index (κ1) is 26.1. The average molecular weight is 514 g/mol. The van der Waals surface area contributed by atoms with E-state index in [4.69, 9.17) is 4.74 Å². The molecule has 0 unspecified atom stereocenters. The van der Waals surface area contributed by atoms with Crippen molar-refractivity contribution >= 4 is 17.6 Å². The van der Waals surface area contributed by atoms with Crippen molar-refractivity contribution in [1.29, 1.82) is 0 Å². The van der Waals surface area contributed by atoms with E-state index in [0.717, 1.165) is 37.1 Å². The predicted octanol–water partition coefficient (Wildman–Crippen LogP) is 5.71. The van der Waals surface area contributed by atoms with Crippen molar-refractivity contribution in [2.24, 2.45) is 0 Å². The van der Waals surface area contributed by atoms with Crippen LogP contribution in [-0.2, 0) is 45.4 Å². The van der Waals surface area contributed by atoms with E-state index in [0.29, 0.717) is 12.4 Å². The summed E-state index contributed by atoms with van der Waals surface area (Å²) in [6.45, 7) is 2.30. The van der Waals surface area contributed by atoms with Crippen molar-refractivity contribution in [1.82, 2.24) is 0 Å². The minimum absolute atomic E-state index is 0.200. The molecule has 9 heteroatoms. The minimum atomic E-state index is -5.22. The van der Waals surface area contributed by atoms with Crippen molar-refractivity contribution in [2.45, 2.75) is 45.0 Å². The molecule has 0 atom stereocenters. The monoisotopic (exact) mass is 513 g/mol. The Morgan fingerprint density at radius 1 is 0.838 bits per heavy atom. The highest BCUT2D eigenvalue weighted by atomic mass is 19.4. The Kier molecular flexibility index (Phi) is 8.32. The fraction of sp³-hybridized carbons (Fsp3) is 0.286. The summed E-state index contributed by atoms with van der Waals surface area (Å²) >= 11 is 0. The van der Waals surface area contributed by atoms with E-state index in [1.807, 2.05) is 0 Å². The molecular formula is C28H26F3NO5. The van der Waals surface area contributed by atoms with Gasteiger partial charge in [0.2, 0.25) is 0 Å². The number of carbonyl (C=O) groups excluding carboxylic acids is 2. The minimum Gasteiger partial charge on any atom is -0.489 e. The summed E-state index contributed by atoms with van der Waals surface area (Å²) in [5, 5.41) is 0. The highest BCUT2D eigenvalue weighted by Crippen LogP contribution is 2.28. The third-order valence-corrected chi connectivity index (χ3v) is 5.99. The van der Waals surface area contributed by atoms with Gasteiger partial charge in [-0.25, -0.2) is 19.4 Å². The molecule has 0 spiro atoms. The van der Waals surface area contributed by atoms with Gasteiger partial charge in [0.25, 0.3) is 0 Å². The summed E-state index contributed by atoms with van der Waals surface area (Å²) in [5.74, 6) is -3.02. The Morgan fingerprint density at radius 3 is 2.24 bits per heavy atom. The molecule has 1 aliphatic rings. The molecule has 0 saturated heterocycles. The van der Waals surface area contributed by atoms with Gasteiger partial charge in [-0.2, -0.15) is 13.2 Å². The van der Waals surface area contributed by atoms with E-state index in [2.05, 4.69) is 63.2 Å². The van der Waals surface area contributed by atoms with Gasteiger partial charge in [-0.3, -0.25) is 0 Å². The Labute approximate surface area is 212 Å². The van der Waals surface area contributed by atoms with Crippen LogP contribution in [0.1, 0.15) is 35.1 Å². The third-order valence-electron chi connectivity index (χ3n) is 5.99. The average Bonchev–Trinajstić information content (AvgIpc) is 2.90. The molecule has 0 aromatic heterocycles. The van der Waals surface area contributed by atoms with Crippen LogP contribution < -0.4 is 9.64 Å². The molecule has 0 aliphatic carbocycles. The number of hydrogen-bond acceptors (Lipinski definition) is 6. The smallest absolute Gasteiger partial charge is 0.489 e. The van der Waals surface area contributed by atoms with Gasteiger partial charge in [0.15, 0.2) is 0 Å². The zero-order valence-electron chi connectivity index (χ0n) is 20.0. The number of rotatable bonds is 8. The van der Waals surface area contributed by atoms with Gasteiger partial charge in [-0.1, -0.05) is 54.6 Å². The number of para-hydroxylation sites is 1. The molecule has 0 amide bonds. The molecule has 0 bridgehead atoms. The number of carbonyl (C=O) groups is 2. The van der Waals surface area contributed by atoms with Crippen LogP contribution in [0.15, 0.2) is 72.8 Å². The molecule has 3 aromatic carbocycles. The number of benzene rings is 3. The summed E-state index contributed by atoms with van der Waals surface area (Å²) in [6, 6.07) is 23.9. The molecule has 6 nitrogen and oxygen atoms in total. The first-order chi connectivity index (χ1) is 17.8. The lowest BCUT2D eigenvalue weighted by molar-refractivity contribution is -0.285. The van der Waals surface area contributed by atoms with Gasteiger partial charge in [-0.05, 0) is 59.7 Å². The maximum absolute atomic E-state index is 12.0. The second-order valence-corrected chi connectivity index (χ2v) is 8.73. The molecule has 1 aliphatic heterocycles. The Bertz CT molecular complexity index is 1210. The van der Waals surface area contributed by atoms with E-state index in [1.54, 1.807) is 24.3 Å². The van der Waals surface area contributed by atoms with Gasteiger partial charge in [0, 0.05) is 18.8 Å². The molecule has 37 heavy (non-hydrogen) atoms. The van der Waals surface area contributed by atoms with E-state index in [-0.39, 0.29) is 12.8 Å². The summed E-state index contributed by atoms with van der Waals surface area (Å²) in [7, 11) is 0. The molecule has 1 heterocycles. The first-order valence-electron chi connectivity index (χ1n) is 11.9. The quantitative estimate of drug-likeness (QED) is 0.284. The van der Waals surface area contributed by atoms with Gasteiger partial charge < -0.3 is 9.64 Å². The predicted molar refractivity (Wildman–Crippen MR) is 130 cm³/mol. The number of alkyl halides is 3. The zero-order valence-corrected chi connectivity index (χ0v) is 20.0. The summed E-state index contributed by atoms with van der Waals surface area (Å²) in [5.41, 5.74) is 5.72. The lowest BCUT2D eigenvalue weighted by Crippen LogP contribution is -2.28. The number of ether oxygens (including phenoxy) is 1. The number of anilines is 1. The maximum atomic E-state index is 12.0. The van der Waals surface area contributed by atoms with Gasteiger partial charge in [0.1, 0.15) is 12.4 Å². The number of aryl methyl sites for hydroxylation is 2. The van der Waals surface area contributed by atoms with Crippen LogP contribution in [0.5, 0.6) is 5.75 Å². The second-order valence-electron chi connectivity index (χ2n) is 8.73. The fourth-order valence-corrected chi connectivity index (χ4v) is 4.08. The van der Waals surface area contributed by atoms with Gasteiger partial charge in [-0.15, -0.1) is 0 Å². The first-order valence-corrected chi connectivity index (χ1v) is 11.9. The van der Waals surface area contributed by atoms with Crippen LogP contribution in [0.2, 0.25) is 0 Å². The largest absolute Gasteiger partial charge is 0.495 e. The zero-order chi connectivity index (χ0) is 26.3. The Morgan fingerprint density at radius 2 is 1.51 bits per heavy atom. The normalized spacial score (nSPS) is 13.0. The van der Waals surface area contributed by atoms with Crippen LogP contribution in [0.4, 0.5) is 18.9 Å². The molecule has 0 N–H and O–H groups in total. The SMILES string of the molecule is O=C(CCc1ccc(OCc2ccc(CN3CCCc4ccccc43)cc2)cc1)OOC(=O)C(F)(F)F. The highest BCUT2D eigenvalue weighted by molar-refractivity contribution is 5.77. The van der Waals surface area contributed by atoms with Crippen LogP contribution in [0.25, 0.3) is 0 Å². The van der Waals surface area contributed by atoms with Crippen LogP contribution in [0, 0.1) is 0 Å². The number of halogens is 3. The number of hydrogen-bond donors (Lipinski definition) is 0. The van der Waals surface area contributed by atoms with E-state index in [1.165, 1.54) is 16.8 Å². The van der Waals surface area contributed by atoms with E-state index >= 15 is 0 Å². The van der Waals surface area contributed by atoms with Crippen molar-refractivity contribution in [2.75, 3.05) is 11.4 Å². The molecule has 0 saturated carbocycles. The summed E-state index contributed by atoms with van der Waals surface area (Å²) < 4.78 is 41.9. The van der Waals surface area contributed by atoms with Crippen molar-refractivity contribution in [3.8, 4) is 5.75 Å². The topological polar surface area (TPSA) is 65.1 Å². The second kappa shape index (κ2) is 11.8. The lowest BCUT2D eigenvalue weighted by Gasteiger charge is -2.31. The van der Waals surface area contributed by atoms with Crippen molar-refractivity contribution in [3.63, 3.8) is 0 Å². The maximum Gasteiger partial charge on any atom is 0.495 e. The Balaban J connectivity index is 1.21. The van der Waals surface area contributed by atoms with Crippen molar-refractivity contribution in [3.05, 3.63) is 95.1 Å². The van der Waals surface area contributed by atoms with E-state index in [9.17, 15) is 22.8 Å². The molecule has 3 aromatic rings. The summed E-state index contributed by atoms with van der Waals surface area (Å²) in [6.07, 6.45) is -2.99. The number of fused-ring (bicyclic) bond motifs is 1. The molecular weight excluding hydrogens is 487 g/mol. The lowest BCUT2D eigenvalue weighted by atomic mass is 10.0. The molecule has 194 valence electrons. The van der Waals surface area contributed by atoms with Crippen LogP contribution in [0.3, 0.4) is 0 Å². The van der Waals surface area contributed by atoms with Crippen LogP contribution >= 0.6 is 0 Å².